The molecule has 0 atom stereocenters. The minimum Gasteiger partial charge on any atom is -0.455 e. The van der Waals surface area contributed by atoms with Gasteiger partial charge in [-0.05, 0) is 54.3 Å². The van der Waals surface area contributed by atoms with Gasteiger partial charge in [-0.15, -0.1) is 0 Å². The molecule has 0 saturated carbocycles. The Bertz CT molecular complexity index is 1770. The fraction of sp³-hybridized carbons (Fsp3) is 0.156. The normalized spacial score (nSPS) is 11.5. The predicted octanol–water partition coefficient (Wildman–Crippen LogP) is 6.60. The highest BCUT2D eigenvalue weighted by molar-refractivity contribution is 7.92. The van der Waals surface area contributed by atoms with Crippen LogP contribution < -0.4 is 9.79 Å². The van der Waals surface area contributed by atoms with Gasteiger partial charge in [0, 0.05) is 29.1 Å². The molecule has 1 N–H and O–H groups in total. The van der Waals surface area contributed by atoms with Crippen LogP contribution in [0, 0.1) is 5.82 Å². The molecule has 0 aliphatic rings. The molecule has 1 amide bonds. The molecule has 0 aliphatic carbocycles. The Morgan fingerprint density at radius 1 is 0.927 bits per heavy atom. The summed E-state index contributed by atoms with van der Waals surface area (Å²) in [6.45, 7) is 0.238. The number of aryl methyl sites for hydroxylation is 1. The van der Waals surface area contributed by atoms with Gasteiger partial charge >= 0.3 is 0 Å². The van der Waals surface area contributed by atoms with Crippen LogP contribution in [0.1, 0.15) is 22.3 Å². The van der Waals surface area contributed by atoms with Crippen molar-refractivity contribution in [2.75, 3.05) is 24.2 Å². The van der Waals surface area contributed by atoms with Gasteiger partial charge in [0.1, 0.15) is 17.2 Å². The number of benzene rings is 4. The molecule has 5 aromatic rings. The number of sulfonamides is 1. The number of nitrogens with one attached hydrogen (secondary N) is 1. The van der Waals surface area contributed by atoms with Gasteiger partial charge in [-0.2, -0.15) is 0 Å². The van der Waals surface area contributed by atoms with E-state index in [4.69, 9.17) is 9.25 Å². The molecule has 0 bridgehead atoms. The number of furan rings is 1. The molecule has 0 aliphatic heterocycles. The molecule has 0 spiro atoms. The van der Waals surface area contributed by atoms with Crippen LogP contribution in [0.5, 0.6) is 0 Å². The van der Waals surface area contributed by atoms with Crippen LogP contribution in [-0.4, -0.2) is 34.2 Å². The van der Waals surface area contributed by atoms with Crippen molar-refractivity contribution in [3.05, 3.63) is 114 Å². The first-order chi connectivity index (χ1) is 19.8. The monoisotopic (exact) mass is 572 g/mol. The zero-order valence-electron chi connectivity index (χ0n) is 22.6. The summed E-state index contributed by atoms with van der Waals surface area (Å²) in [4.78, 5) is 18.1. The number of rotatable bonds is 10. The fourth-order valence-electron chi connectivity index (χ4n) is 4.90. The summed E-state index contributed by atoms with van der Waals surface area (Å²) in [5.41, 5.74) is 6.24. The maximum absolute atomic E-state index is 13.7. The van der Waals surface area contributed by atoms with E-state index in [9.17, 15) is 17.6 Å². The second-order valence-electron chi connectivity index (χ2n) is 9.60. The third-order valence-corrected chi connectivity index (χ3v) is 7.94. The molecular formula is C32H29FN2O5S. The van der Waals surface area contributed by atoms with E-state index >= 15 is 0 Å². The van der Waals surface area contributed by atoms with Crippen LogP contribution in [0.4, 0.5) is 10.1 Å². The standard InChI is InChI=1S/C32H29FN2O5S/c1-39-34-32(36)30-27-20-26(23-13-7-4-8-14-23)28(21-29(27)40-31(30)24-15-17-25(33)18-16-24)35(41(2,37)38)19-9-12-22-10-5-3-6-11-22/h3-8,10-11,13-18,20-21H,9,12,19H2,1-2H3,(H,34,36). The highest BCUT2D eigenvalue weighted by Crippen LogP contribution is 2.41. The molecule has 1 heterocycles. The molecule has 210 valence electrons. The average molecular weight is 573 g/mol. The number of hydrogen-bond donors (Lipinski definition) is 1. The molecule has 0 unspecified atom stereocenters. The van der Waals surface area contributed by atoms with Crippen molar-refractivity contribution in [3.63, 3.8) is 0 Å². The first-order valence-electron chi connectivity index (χ1n) is 13.0. The van der Waals surface area contributed by atoms with Crippen molar-refractivity contribution in [1.82, 2.24) is 5.48 Å². The van der Waals surface area contributed by atoms with Crippen molar-refractivity contribution in [1.29, 1.82) is 0 Å². The number of amides is 1. The van der Waals surface area contributed by atoms with Crippen molar-refractivity contribution >= 4 is 32.6 Å². The summed E-state index contributed by atoms with van der Waals surface area (Å²) < 4.78 is 47.7. The minimum atomic E-state index is -3.71. The maximum Gasteiger partial charge on any atom is 0.279 e. The van der Waals surface area contributed by atoms with E-state index in [0.29, 0.717) is 40.6 Å². The van der Waals surface area contributed by atoms with Crippen LogP contribution in [0.3, 0.4) is 0 Å². The van der Waals surface area contributed by atoms with Gasteiger partial charge in [-0.3, -0.25) is 13.9 Å². The molecule has 0 radical (unpaired) electrons. The SMILES string of the molecule is CONC(=O)c1c(-c2ccc(F)cc2)oc2cc(N(CCCc3ccccc3)S(C)(=O)=O)c(-c3ccccc3)cc12. The van der Waals surface area contributed by atoms with E-state index in [2.05, 4.69) is 5.48 Å². The van der Waals surface area contributed by atoms with E-state index in [0.717, 1.165) is 11.1 Å². The van der Waals surface area contributed by atoms with E-state index in [1.807, 2.05) is 60.7 Å². The number of hydrogen-bond acceptors (Lipinski definition) is 5. The van der Waals surface area contributed by atoms with Crippen molar-refractivity contribution in [2.45, 2.75) is 12.8 Å². The lowest BCUT2D eigenvalue weighted by Crippen LogP contribution is -2.31. The lowest BCUT2D eigenvalue weighted by molar-refractivity contribution is 0.0539. The van der Waals surface area contributed by atoms with E-state index in [1.165, 1.54) is 41.9 Å². The van der Waals surface area contributed by atoms with Crippen LogP contribution >= 0.6 is 0 Å². The Balaban J connectivity index is 1.70. The molecule has 5 rings (SSSR count). The zero-order chi connectivity index (χ0) is 29.0. The van der Waals surface area contributed by atoms with Crippen molar-refractivity contribution in [3.8, 4) is 22.5 Å². The Labute approximate surface area is 238 Å². The van der Waals surface area contributed by atoms with Crippen molar-refractivity contribution in [2.24, 2.45) is 0 Å². The Hall–Kier alpha value is -4.47. The largest absolute Gasteiger partial charge is 0.455 e. The quantitative estimate of drug-likeness (QED) is 0.191. The minimum absolute atomic E-state index is 0.187. The second kappa shape index (κ2) is 12.0. The van der Waals surface area contributed by atoms with Gasteiger partial charge in [-0.1, -0.05) is 60.7 Å². The van der Waals surface area contributed by atoms with Crippen molar-refractivity contribution < 1.29 is 26.9 Å². The molecule has 0 saturated heterocycles. The summed E-state index contributed by atoms with van der Waals surface area (Å²) >= 11 is 0. The first kappa shape index (κ1) is 28.1. The van der Waals surface area contributed by atoms with E-state index < -0.39 is 21.7 Å². The Morgan fingerprint density at radius 3 is 2.22 bits per heavy atom. The van der Waals surface area contributed by atoms with Crippen LogP contribution in [0.15, 0.2) is 101 Å². The summed E-state index contributed by atoms with van der Waals surface area (Å²) in [5.74, 6) is -0.776. The summed E-state index contributed by atoms with van der Waals surface area (Å²) in [6.07, 6.45) is 2.47. The maximum atomic E-state index is 13.7. The highest BCUT2D eigenvalue weighted by Gasteiger charge is 2.27. The predicted molar refractivity (Wildman–Crippen MR) is 158 cm³/mol. The number of carbonyl (C=O) groups is 1. The van der Waals surface area contributed by atoms with Gasteiger partial charge in [0.15, 0.2) is 0 Å². The lowest BCUT2D eigenvalue weighted by Gasteiger charge is -2.25. The summed E-state index contributed by atoms with van der Waals surface area (Å²) in [6, 6.07) is 28.2. The van der Waals surface area contributed by atoms with Gasteiger partial charge in [0.25, 0.3) is 5.91 Å². The van der Waals surface area contributed by atoms with E-state index in [1.54, 1.807) is 12.1 Å². The fourth-order valence-corrected chi connectivity index (χ4v) is 5.87. The number of carbonyl (C=O) groups excluding carboxylic acids is 1. The smallest absolute Gasteiger partial charge is 0.279 e. The van der Waals surface area contributed by atoms with Crippen LogP contribution in [0.25, 0.3) is 33.4 Å². The third kappa shape index (κ3) is 6.16. The molecular weight excluding hydrogens is 543 g/mol. The molecule has 9 heteroatoms. The Morgan fingerprint density at radius 2 is 1.59 bits per heavy atom. The third-order valence-electron chi connectivity index (χ3n) is 6.76. The molecule has 0 fully saturated rings. The lowest BCUT2D eigenvalue weighted by atomic mass is 9.98. The highest BCUT2D eigenvalue weighted by atomic mass is 32.2. The molecule has 1 aromatic heterocycles. The summed E-state index contributed by atoms with van der Waals surface area (Å²) in [5, 5.41) is 0.458. The van der Waals surface area contributed by atoms with Gasteiger partial charge < -0.3 is 4.42 Å². The van der Waals surface area contributed by atoms with Gasteiger partial charge in [0.2, 0.25) is 10.0 Å². The zero-order valence-corrected chi connectivity index (χ0v) is 23.5. The van der Waals surface area contributed by atoms with Crippen LogP contribution in [-0.2, 0) is 21.3 Å². The first-order valence-corrected chi connectivity index (χ1v) is 14.9. The van der Waals surface area contributed by atoms with Gasteiger partial charge in [-0.25, -0.2) is 18.3 Å². The van der Waals surface area contributed by atoms with Gasteiger partial charge in [0.05, 0.1) is 24.6 Å². The molecule has 4 aromatic carbocycles. The molecule has 7 nitrogen and oxygen atoms in total. The summed E-state index contributed by atoms with van der Waals surface area (Å²) in [7, 11) is -2.38. The second-order valence-corrected chi connectivity index (χ2v) is 11.5. The Kier molecular flexibility index (Phi) is 8.19. The van der Waals surface area contributed by atoms with Crippen LogP contribution in [0.2, 0.25) is 0 Å². The number of nitrogens with zero attached hydrogens (tertiary/aromatic N) is 1. The average Bonchev–Trinajstić information content (AvgIpc) is 3.34. The number of anilines is 1. The molecule has 41 heavy (non-hydrogen) atoms. The number of halogens is 1. The number of fused-ring (bicyclic) bond motifs is 1. The number of hydroxylamine groups is 1. The topological polar surface area (TPSA) is 88.8 Å². The van der Waals surface area contributed by atoms with E-state index in [-0.39, 0.29) is 17.9 Å².